The van der Waals surface area contributed by atoms with Crippen LogP contribution in [0.25, 0.3) is 0 Å². The zero-order valence-electron chi connectivity index (χ0n) is 13.5. The van der Waals surface area contributed by atoms with Gasteiger partial charge in [0.25, 0.3) is 0 Å². The van der Waals surface area contributed by atoms with Crippen molar-refractivity contribution in [2.45, 2.75) is 57.2 Å². The average Bonchev–Trinajstić information content (AvgIpc) is 2.54. The van der Waals surface area contributed by atoms with Crippen molar-refractivity contribution in [2.24, 2.45) is 5.73 Å². The summed E-state index contributed by atoms with van der Waals surface area (Å²) in [6.45, 7) is 2.14. The van der Waals surface area contributed by atoms with Gasteiger partial charge in [0.2, 0.25) is 11.8 Å². The number of rotatable bonds is 5. The van der Waals surface area contributed by atoms with Crippen LogP contribution in [0, 0.1) is 0 Å². The van der Waals surface area contributed by atoms with Gasteiger partial charge in [-0.3, -0.25) is 9.59 Å². The molecule has 0 spiro atoms. The average molecular weight is 340 g/mol. The fraction of sp³-hybridized carbons (Fsp3) is 0.529. The monoisotopic (exact) mass is 339 g/mol. The van der Waals surface area contributed by atoms with E-state index >= 15 is 0 Å². The van der Waals surface area contributed by atoms with Crippen LogP contribution in [0.1, 0.15) is 44.6 Å². The minimum atomic E-state index is -0.813. The first-order valence-electron chi connectivity index (χ1n) is 7.93. The number of carbonyl (C=O) groups excluding carboxylic acids is 2. The van der Waals surface area contributed by atoms with E-state index in [0.717, 1.165) is 24.8 Å². The van der Waals surface area contributed by atoms with Crippen LogP contribution in [0.4, 0.5) is 0 Å². The highest BCUT2D eigenvalue weighted by molar-refractivity contribution is 5.91. The molecule has 0 heterocycles. The molecule has 0 aromatic heterocycles. The first-order valence-corrected chi connectivity index (χ1v) is 7.93. The Morgan fingerprint density at radius 2 is 1.78 bits per heavy atom. The number of nitrogens with two attached hydrogens (primary N) is 1. The predicted octanol–water partition coefficient (Wildman–Crippen LogP) is 1.89. The summed E-state index contributed by atoms with van der Waals surface area (Å²) in [5.41, 5.74) is 6.38. The van der Waals surface area contributed by atoms with Gasteiger partial charge in [0.1, 0.15) is 6.04 Å². The van der Waals surface area contributed by atoms with Gasteiger partial charge >= 0.3 is 0 Å². The summed E-state index contributed by atoms with van der Waals surface area (Å²) >= 11 is 0. The quantitative estimate of drug-likeness (QED) is 0.766. The zero-order valence-corrected chi connectivity index (χ0v) is 14.3. The molecule has 1 saturated carbocycles. The molecule has 1 aromatic carbocycles. The smallest absolute Gasteiger partial charge is 0.242 e. The highest BCUT2D eigenvalue weighted by Crippen LogP contribution is 2.26. The molecule has 1 fully saturated rings. The summed E-state index contributed by atoms with van der Waals surface area (Å²) in [5.74, 6) is -0.411. The number of hydrogen-bond acceptors (Lipinski definition) is 3. The third kappa shape index (κ3) is 5.52. The lowest BCUT2D eigenvalue weighted by Gasteiger charge is -2.32. The van der Waals surface area contributed by atoms with Gasteiger partial charge in [-0.15, -0.1) is 12.4 Å². The molecule has 1 aliphatic rings. The third-order valence-corrected chi connectivity index (χ3v) is 4.25. The molecule has 0 saturated heterocycles. The van der Waals surface area contributed by atoms with Crippen LogP contribution in [-0.4, -0.2) is 23.4 Å². The Bertz CT molecular complexity index is 516. The summed E-state index contributed by atoms with van der Waals surface area (Å²) in [7, 11) is 0. The summed E-state index contributed by atoms with van der Waals surface area (Å²) in [6.07, 6.45) is 4.45. The van der Waals surface area contributed by atoms with E-state index in [1.165, 1.54) is 0 Å². The highest BCUT2D eigenvalue weighted by Gasteiger charge is 2.36. The van der Waals surface area contributed by atoms with Gasteiger partial charge in [-0.05, 0) is 25.3 Å². The van der Waals surface area contributed by atoms with Gasteiger partial charge < -0.3 is 16.4 Å². The standard InChI is InChI=1S/C17H25N3O2.ClH/c1-13(15(21)19-12-14-8-4-2-5-9-14)20-16(22)17(18)10-6-3-7-11-17;/h2,4-5,8-9,13H,3,6-7,10-12,18H2,1H3,(H,19,21)(H,20,22);1H. The Kier molecular flexibility index (Phi) is 7.52. The lowest BCUT2D eigenvalue weighted by atomic mass is 9.82. The summed E-state index contributed by atoms with van der Waals surface area (Å²) < 4.78 is 0. The molecule has 0 aliphatic heterocycles. The molecule has 23 heavy (non-hydrogen) atoms. The summed E-state index contributed by atoms with van der Waals surface area (Å²) in [6, 6.07) is 9.08. The van der Waals surface area contributed by atoms with Crippen LogP contribution in [0.15, 0.2) is 30.3 Å². The number of halogens is 1. The number of nitrogens with one attached hydrogen (secondary N) is 2. The predicted molar refractivity (Wildman–Crippen MR) is 93.1 cm³/mol. The fourth-order valence-electron chi connectivity index (χ4n) is 2.75. The number of amides is 2. The number of benzene rings is 1. The minimum absolute atomic E-state index is 0. The van der Waals surface area contributed by atoms with Crippen molar-refractivity contribution in [1.82, 2.24) is 10.6 Å². The first kappa shape index (κ1) is 19.5. The van der Waals surface area contributed by atoms with Crippen molar-refractivity contribution < 1.29 is 9.59 Å². The topological polar surface area (TPSA) is 84.2 Å². The Labute approximate surface area is 143 Å². The molecular formula is C17H26ClN3O2. The molecule has 0 radical (unpaired) electrons. The lowest BCUT2D eigenvalue weighted by Crippen LogP contribution is -2.58. The molecule has 1 aliphatic carbocycles. The zero-order chi connectivity index (χ0) is 16.0. The Hall–Kier alpha value is -1.59. The van der Waals surface area contributed by atoms with Crippen molar-refractivity contribution in [1.29, 1.82) is 0 Å². The van der Waals surface area contributed by atoms with Crippen LogP contribution in [0.2, 0.25) is 0 Å². The summed E-state index contributed by atoms with van der Waals surface area (Å²) in [4.78, 5) is 24.4. The second-order valence-corrected chi connectivity index (χ2v) is 6.12. The van der Waals surface area contributed by atoms with E-state index in [4.69, 9.17) is 5.73 Å². The maximum absolute atomic E-state index is 12.3. The van der Waals surface area contributed by atoms with Crippen molar-refractivity contribution in [3.63, 3.8) is 0 Å². The second kappa shape index (κ2) is 8.89. The lowest BCUT2D eigenvalue weighted by molar-refractivity contribution is -0.132. The van der Waals surface area contributed by atoms with E-state index in [9.17, 15) is 9.59 Å². The van der Waals surface area contributed by atoms with E-state index in [2.05, 4.69) is 10.6 Å². The van der Waals surface area contributed by atoms with Crippen molar-refractivity contribution >= 4 is 24.2 Å². The van der Waals surface area contributed by atoms with Gasteiger partial charge in [-0.2, -0.15) is 0 Å². The first-order chi connectivity index (χ1) is 10.5. The van der Waals surface area contributed by atoms with Crippen LogP contribution in [-0.2, 0) is 16.1 Å². The van der Waals surface area contributed by atoms with Crippen molar-refractivity contribution in [2.75, 3.05) is 0 Å². The Morgan fingerprint density at radius 1 is 1.17 bits per heavy atom. The molecule has 5 nitrogen and oxygen atoms in total. The summed E-state index contributed by atoms with van der Waals surface area (Å²) in [5, 5.41) is 5.58. The molecule has 1 atom stereocenters. The van der Waals surface area contributed by atoms with E-state index in [0.29, 0.717) is 19.4 Å². The Balaban J connectivity index is 0.00000264. The van der Waals surface area contributed by atoms with E-state index < -0.39 is 11.6 Å². The fourth-order valence-corrected chi connectivity index (χ4v) is 2.75. The molecule has 1 aromatic rings. The third-order valence-electron chi connectivity index (χ3n) is 4.25. The van der Waals surface area contributed by atoms with Gasteiger partial charge in [-0.25, -0.2) is 0 Å². The largest absolute Gasteiger partial charge is 0.350 e. The highest BCUT2D eigenvalue weighted by atomic mass is 35.5. The SMILES string of the molecule is CC(NC(=O)C1(N)CCCCC1)C(=O)NCc1ccccc1.Cl. The number of hydrogen-bond donors (Lipinski definition) is 3. The van der Waals surface area contributed by atoms with Gasteiger partial charge in [0, 0.05) is 6.54 Å². The molecule has 6 heteroatoms. The van der Waals surface area contributed by atoms with Crippen LogP contribution < -0.4 is 16.4 Å². The van der Waals surface area contributed by atoms with E-state index in [1.54, 1.807) is 6.92 Å². The molecule has 1 unspecified atom stereocenters. The molecule has 4 N–H and O–H groups in total. The van der Waals surface area contributed by atoms with Crippen molar-refractivity contribution in [3.05, 3.63) is 35.9 Å². The molecule has 128 valence electrons. The maximum atomic E-state index is 12.3. The number of carbonyl (C=O) groups is 2. The molecular weight excluding hydrogens is 314 g/mol. The maximum Gasteiger partial charge on any atom is 0.242 e. The second-order valence-electron chi connectivity index (χ2n) is 6.12. The molecule has 2 rings (SSSR count). The van der Waals surface area contributed by atoms with E-state index in [-0.39, 0.29) is 24.2 Å². The van der Waals surface area contributed by atoms with Gasteiger partial charge in [-0.1, -0.05) is 49.6 Å². The molecule has 2 amide bonds. The van der Waals surface area contributed by atoms with Crippen molar-refractivity contribution in [3.8, 4) is 0 Å². The van der Waals surface area contributed by atoms with Crippen LogP contribution >= 0.6 is 12.4 Å². The van der Waals surface area contributed by atoms with Gasteiger partial charge in [0.15, 0.2) is 0 Å². The normalized spacial score (nSPS) is 17.5. The molecule has 0 bridgehead atoms. The van der Waals surface area contributed by atoms with Crippen LogP contribution in [0.3, 0.4) is 0 Å². The van der Waals surface area contributed by atoms with Crippen LogP contribution in [0.5, 0.6) is 0 Å². The van der Waals surface area contributed by atoms with E-state index in [1.807, 2.05) is 30.3 Å². The Morgan fingerprint density at radius 3 is 2.39 bits per heavy atom. The van der Waals surface area contributed by atoms with Gasteiger partial charge in [0.05, 0.1) is 5.54 Å². The minimum Gasteiger partial charge on any atom is -0.350 e.